The van der Waals surface area contributed by atoms with Crippen molar-refractivity contribution in [3.05, 3.63) is 89.5 Å². The van der Waals surface area contributed by atoms with Crippen molar-refractivity contribution in [2.24, 2.45) is 0 Å². The summed E-state index contributed by atoms with van der Waals surface area (Å²) in [5, 5.41) is 8.32. The van der Waals surface area contributed by atoms with Gasteiger partial charge in [0.25, 0.3) is 5.91 Å². The zero-order chi connectivity index (χ0) is 23.1. The second-order valence-corrected chi connectivity index (χ2v) is 7.50. The number of rotatable bonds is 6. The molecular weight excluding hydrogens is 404 g/mol. The summed E-state index contributed by atoms with van der Waals surface area (Å²) < 4.78 is 0. The molecule has 0 aliphatic heterocycles. The third kappa shape index (κ3) is 5.95. The number of nitrogens with zero attached hydrogens (tertiary/aromatic N) is 1. The number of carbonyl (C=O) groups excluding carboxylic acids is 3. The number of anilines is 3. The van der Waals surface area contributed by atoms with Gasteiger partial charge in [0.15, 0.2) is 0 Å². The van der Waals surface area contributed by atoms with Crippen LogP contribution in [0.1, 0.15) is 21.5 Å². The van der Waals surface area contributed by atoms with Crippen molar-refractivity contribution < 1.29 is 14.4 Å². The van der Waals surface area contributed by atoms with Crippen LogP contribution in [-0.4, -0.2) is 36.3 Å². The highest BCUT2D eigenvalue weighted by molar-refractivity contribution is 6.01. The maximum atomic E-state index is 12.7. The number of para-hydroxylation sites is 2. The molecule has 3 aromatic carbocycles. The number of hydrogen-bond donors (Lipinski definition) is 3. The van der Waals surface area contributed by atoms with Gasteiger partial charge in [-0.05, 0) is 61.4 Å². The van der Waals surface area contributed by atoms with E-state index in [-0.39, 0.29) is 24.4 Å². The molecule has 0 heterocycles. The highest BCUT2D eigenvalue weighted by Crippen LogP contribution is 2.19. The molecule has 0 aromatic heterocycles. The number of nitrogens with one attached hydrogen (secondary N) is 3. The zero-order valence-corrected chi connectivity index (χ0v) is 18.3. The lowest BCUT2D eigenvalue weighted by Crippen LogP contribution is -2.35. The third-order valence-corrected chi connectivity index (χ3v) is 4.89. The van der Waals surface area contributed by atoms with E-state index in [0.717, 1.165) is 16.8 Å². The van der Waals surface area contributed by atoms with Gasteiger partial charge in [0.2, 0.25) is 5.91 Å². The van der Waals surface area contributed by atoms with E-state index in [1.165, 1.54) is 4.90 Å². The van der Waals surface area contributed by atoms with Gasteiger partial charge in [-0.15, -0.1) is 0 Å². The van der Waals surface area contributed by atoms with E-state index in [2.05, 4.69) is 16.0 Å². The summed E-state index contributed by atoms with van der Waals surface area (Å²) in [6.07, 6.45) is 0. The second-order valence-electron chi connectivity index (χ2n) is 7.50. The van der Waals surface area contributed by atoms with Crippen LogP contribution in [0.2, 0.25) is 0 Å². The Morgan fingerprint density at radius 2 is 1.28 bits per heavy atom. The van der Waals surface area contributed by atoms with Gasteiger partial charge in [0.05, 0.1) is 6.54 Å². The van der Waals surface area contributed by atoms with Crippen LogP contribution in [0, 0.1) is 13.8 Å². The highest BCUT2D eigenvalue weighted by atomic mass is 16.2. The Labute approximate surface area is 187 Å². The number of benzene rings is 3. The molecule has 0 aliphatic carbocycles. The fraction of sp³-hybridized carbons (Fsp3) is 0.160. The largest absolute Gasteiger partial charge is 0.332 e. The fourth-order valence-electron chi connectivity index (χ4n) is 3.21. The lowest BCUT2D eigenvalue weighted by Gasteiger charge is -2.18. The number of urea groups is 1. The normalized spacial score (nSPS) is 10.2. The van der Waals surface area contributed by atoms with Crippen LogP contribution in [-0.2, 0) is 4.79 Å². The van der Waals surface area contributed by atoms with Crippen molar-refractivity contribution in [2.45, 2.75) is 13.8 Å². The highest BCUT2D eigenvalue weighted by Gasteiger charge is 2.16. The predicted molar refractivity (Wildman–Crippen MR) is 127 cm³/mol. The Balaban J connectivity index is 1.55. The van der Waals surface area contributed by atoms with Gasteiger partial charge in [-0.3, -0.25) is 9.59 Å². The molecule has 0 fully saturated rings. The maximum Gasteiger partial charge on any atom is 0.323 e. The summed E-state index contributed by atoms with van der Waals surface area (Å²) in [5.74, 6) is -0.559. The maximum absolute atomic E-state index is 12.7. The van der Waals surface area contributed by atoms with E-state index in [1.54, 1.807) is 43.4 Å². The Morgan fingerprint density at radius 1 is 0.719 bits per heavy atom. The molecule has 0 bridgehead atoms. The summed E-state index contributed by atoms with van der Waals surface area (Å²) in [6.45, 7) is 3.77. The number of carbonyl (C=O) groups is 3. The topological polar surface area (TPSA) is 90.5 Å². The van der Waals surface area contributed by atoms with Crippen molar-refractivity contribution in [3.63, 3.8) is 0 Å². The van der Waals surface area contributed by atoms with Gasteiger partial charge in [-0.2, -0.15) is 0 Å². The molecule has 0 atom stereocenters. The van der Waals surface area contributed by atoms with Crippen LogP contribution in [0.25, 0.3) is 0 Å². The standard InChI is InChI=1S/C25H26N4O3/c1-17-8-7-9-18(2)23(17)28-22(30)16-29(3)24(31)19-12-14-21(15-13-19)27-25(32)26-20-10-5-4-6-11-20/h4-15H,16H2,1-3H3,(H,28,30)(H2,26,27,32). The minimum Gasteiger partial charge on any atom is -0.332 e. The van der Waals surface area contributed by atoms with Gasteiger partial charge in [-0.1, -0.05) is 36.4 Å². The Hall–Kier alpha value is -4.13. The third-order valence-electron chi connectivity index (χ3n) is 4.89. The molecule has 4 amide bonds. The molecule has 3 aromatic rings. The molecule has 0 radical (unpaired) electrons. The van der Waals surface area contributed by atoms with Crippen LogP contribution in [0.15, 0.2) is 72.8 Å². The van der Waals surface area contributed by atoms with Gasteiger partial charge in [0.1, 0.15) is 0 Å². The van der Waals surface area contributed by atoms with E-state index in [4.69, 9.17) is 0 Å². The van der Waals surface area contributed by atoms with Crippen molar-refractivity contribution in [1.82, 2.24) is 4.90 Å². The summed E-state index contributed by atoms with van der Waals surface area (Å²) in [4.78, 5) is 38.6. The van der Waals surface area contributed by atoms with Crippen LogP contribution in [0.3, 0.4) is 0 Å². The Kier molecular flexibility index (Phi) is 7.23. The van der Waals surface area contributed by atoms with Gasteiger partial charge >= 0.3 is 6.03 Å². The van der Waals surface area contributed by atoms with Crippen LogP contribution < -0.4 is 16.0 Å². The first kappa shape index (κ1) is 22.6. The summed E-state index contributed by atoms with van der Waals surface area (Å²) >= 11 is 0. The van der Waals surface area contributed by atoms with Crippen LogP contribution in [0.4, 0.5) is 21.9 Å². The van der Waals surface area contributed by atoms with Crippen LogP contribution >= 0.6 is 0 Å². The molecule has 7 heteroatoms. The molecule has 0 spiro atoms. The summed E-state index contributed by atoms with van der Waals surface area (Å²) in [5.41, 5.74) is 4.34. The molecule has 0 aliphatic rings. The van der Waals surface area contributed by atoms with E-state index < -0.39 is 0 Å². The fourth-order valence-corrected chi connectivity index (χ4v) is 3.21. The zero-order valence-electron chi connectivity index (χ0n) is 18.3. The van der Waals surface area contributed by atoms with Crippen molar-refractivity contribution in [1.29, 1.82) is 0 Å². The first-order chi connectivity index (χ1) is 15.3. The average molecular weight is 431 g/mol. The molecule has 32 heavy (non-hydrogen) atoms. The molecule has 0 saturated heterocycles. The molecule has 7 nitrogen and oxygen atoms in total. The minimum atomic E-state index is -0.379. The van der Waals surface area contributed by atoms with Crippen molar-refractivity contribution >= 4 is 34.9 Å². The van der Waals surface area contributed by atoms with E-state index in [9.17, 15) is 14.4 Å². The smallest absolute Gasteiger partial charge is 0.323 e. The summed E-state index contributed by atoms with van der Waals surface area (Å²) in [6, 6.07) is 21.0. The lowest BCUT2D eigenvalue weighted by molar-refractivity contribution is -0.116. The number of amides is 4. The van der Waals surface area contributed by atoms with Crippen molar-refractivity contribution in [3.8, 4) is 0 Å². The van der Waals surface area contributed by atoms with Crippen molar-refractivity contribution in [2.75, 3.05) is 29.5 Å². The molecule has 0 unspecified atom stereocenters. The molecule has 164 valence electrons. The first-order valence-corrected chi connectivity index (χ1v) is 10.2. The number of aryl methyl sites for hydroxylation is 2. The summed E-state index contributed by atoms with van der Waals surface area (Å²) in [7, 11) is 1.58. The monoisotopic (exact) mass is 430 g/mol. The van der Waals surface area contributed by atoms with E-state index in [1.807, 2.05) is 50.2 Å². The van der Waals surface area contributed by atoms with Gasteiger partial charge in [-0.25, -0.2) is 4.79 Å². The predicted octanol–water partition coefficient (Wildman–Crippen LogP) is 4.66. The Bertz CT molecular complexity index is 1090. The molecule has 3 N–H and O–H groups in total. The lowest BCUT2D eigenvalue weighted by atomic mass is 10.1. The SMILES string of the molecule is Cc1cccc(C)c1NC(=O)CN(C)C(=O)c1ccc(NC(=O)Nc2ccccc2)cc1. The average Bonchev–Trinajstić information content (AvgIpc) is 2.77. The quantitative estimate of drug-likeness (QED) is 0.531. The first-order valence-electron chi connectivity index (χ1n) is 10.2. The molecule has 3 rings (SSSR count). The molecular formula is C25H26N4O3. The second kappa shape index (κ2) is 10.3. The van der Waals surface area contributed by atoms with E-state index in [0.29, 0.717) is 16.9 Å². The number of likely N-dealkylation sites (N-methyl/N-ethyl adjacent to an activating group) is 1. The molecule has 0 saturated carbocycles. The van der Waals surface area contributed by atoms with Gasteiger partial charge in [0, 0.05) is 29.7 Å². The minimum absolute atomic E-state index is 0.0773. The Morgan fingerprint density at radius 3 is 1.88 bits per heavy atom. The van der Waals surface area contributed by atoms with Crippen LogP contribution in [0.5, 0.6) is 0 Å². The number of hydrogen-bond acceptors (Lipinski definition) is 3. The van der Waals surface area contributed by atoms with E-state index >= 15 is 0 Å². The van der Waals surface area contributed by atoms with Gasteiger partial charge < -0.3 is 20.9 Å².